The predicted molar refractivity (Wildman–Crippen MR) is 67.3 cm³/mol. The summed E-state index contributed by atoms with van der Waals surface area (Å²) >= 11 is 1.86. The van der Waals surface area contributed by atoms with Gasteiger partial charge in [0.25, 0.3) is 0 Å². The third-order valence-electron chi connectivity index (χ3n) is 2.47. The van der Waals surface area contributed by atoms with E-state index in [1.54, 1.807) is 0 Å². The monoisotopic (exact) mass is 225 g/mol. The van der Waals surface area contributed by atoms with Gasteiger partial charge in [-0.2, -0.15) is 11.8 Å². The van der Waals surface area contributed by atoms with E-state index in [1.807, 2.05) is 18.8 Å². The van der Waals surface area contributed by atoms with Crippen LogP contribution in [0, 0.1) is 6.92 Å². The summed E-state index contributed by atoms with van der Waals surface area (Å²) in [5, 5.41) is 12.1. The lowest BCUT2D eigenvalue weighted by atomic mass is 10.1. The fourth-order valence-corrected chi connectivity index (χ4v) is 2.53. The zero-order valence-corrected chi connectivity index (χ0v) is 10.2. The van der Waals surface area contributed by atoms with E-state index in [2.05, 4.69) is 36.5 Å². The summed E-state index contributed by atoms with van der Waals surface area (Å²) < 4.78 is 0. The van der Waals surface area contributed by atoms with Crippen LogP contribution in [0.2, 0.25) is 0 Å². The molecule has 2 nitrogen and oxygen atoms in total. The highest BCUT2D eigenvalue weighted by atomic mass is 32.2. The molecule has 1 rings (SSSR count). The van der Waals surface area contributed by atoms with Gasteiger partial charge in [0.1, 0.15) is 0 Å². The standard InChI is InChI=1S/C12H19NOS/c1-10-5-3-4-6-11(10)8-15-9-12(7-14)13-2/h3-6,12-14H,7-9H2,1-2H3. The number of benzene rings is 1. The van der Waals surface area contributed by atoms with E-state index in [9.17, 15) is 0 Å². The molecule has 1 unspecified atom stereocenters. The van der Waals surface area contributed by atoms with Gasteiger partial charge in [-0.3, -0.25) is 0 Å². The summed E-state index contributed by atoms with van der Waals surface area (Å²) in [5.41, 5.74) is 2.73. The predicted octanol–water partition coefficient (Wildman–Crippen LogP) is 1.81. The van der Waals surface area contributed by atoms with Gasteiger partial charge in [0.2, 0.25) is 0 Å². The molecule has 0 bridgehead atoms. The summed E-state index contributed by atoms with van der Waals surface area (Å²) in [6.45, 7) is 2.34. The Morgan fingerprint density at radius 2 is 2.13 bits per heavy atom. The molecule has 0 aliphatic rings. The highest BCUT2D eigenvalue weighted by Gasteiger charge is 2.04. The lowest BCUT2D eigenvalue weighted by Gasteiger charge is -2.12. The van der Waals surface area contributed by atoms with Crippen LogP contribution in [0.5, 0.6) is 0 Å². The molecule has 0 fully saturated rings. The van der Waals surface area contributed by atoms with E-state index in [-0.39, 0.29) is 12.6 Å². The number of aryl methyl sites for hydroxylation is 1. The molecule has 1 aromatic rings. The van der Waals surface area contributed by atoms with Crippen molar-refractivity contribution in [3.63, 3.8) is 0 Å². The fraction of sp³-hybridized carbons (Fsp3) is 0.500. The highest BCUT2D eigenvalue weighted by molar-refractivity contribution is 7.98. The van der Waals surface area contributed by atoms with Crippen LogP contribution in [0.25, 0.3) is 0 Å². The van der Waals surface area contributed by atoms with E-state index in [0.29, 0.717) is 0 Å². The lowest BCUT2D eigenvalue weighted by Crippen LogP contribution is -2.31. The SMILES string of the molecule is CNC(CO)CSCc1ccccc1C. The first-order chi connectivity index (χ1) is 7.27. The van der Waals surface area contributed by atoms with Crippen molar-refractivity contribution >= 4 is 11.8 Å². The van der Waals surface area contributed by atoms with Crippen LogP contribution >= 0.6 is 11.8 Å². The van der Waals surface area contributed by atoms with Gasteiger partial charge in [-0.05, 0) is 25.1 Å². The molecule has 0 aliphatic carbocycles. The molecular weight excluding hydrogens is 206 g/mol. The van der Waals surface area contributed by atoms with Crippen molar-refractivity contribution in [3.05, 3.63) is 35.4 Å². The number of aliphatic hydroxyl groups is 1. The van der Waals surface area contributed by atoms with Gasteiger partial charge >= 0.3 is 0 Å². The molecule has 1 aromatic carbocycles. The van der Waals surface area contributed by atoms with Crippen LogP contribution in [-0.2, 0) is 5.75 Å². The van der Waals surface area contributed by atoms with Crippen molar-refractivity contribution in [2.45, 2.75) is 18.7 Å². The molecule has 0 aliphatic heterocycles. The number of hydrogen-bond acceptors (Lipinski definition) is 3. The van der Waals surface area contributed by atoms with Crippen molar-refractivity contribution in [1.29, 1.82) is 0 Å². The molecule has 0 amide bonds. The van der Waals surface area contributed by atoms with Gasteiger partial charge in [-0.1, -0.05) is 24.3 Å². The van der Waals surface area contributed by atoms with Gasteiger partial charge in [-0.15, -0.1) is 0 Å². The molecule has 1 atom stereocenters. The Hall–Kier alpha value is -0.510. The van der Waals surface area contributed by atoms with Crippen LogP contribution in [0.1, 0.15) is 11.1 Å². The Bertz CT molecular complexity index is 287. The minimum atomic E-state index is 0.206. The van der Waals surface area contributed by atoms with Crippen molar-refractivity contribution in [1.82, 2.24) is 5.32 Å². The molecule has 84 valence electrons. The average molecular weight is 225 g/mol. The number of aliphatic hydroxyl groups excluding tert-OH is 1. The van der Waals surface area contributed by atoms with Crippen LogP contribution in [0.3, 0.4) is 0 Å². The molecule has 0 saturated heterocycles. The topological polar surface area (TPSA) is 32.3 Å². The second-order valence-corrected chi connectivity index (χ2v) is 4.64. The summed E-state index contributed by atoms with van der Waals surface area (Å²) in [7, 11) is 1.88. The minimum absolute atomic E-state index is 0.206. The van der Waals surface area contributed by atoms with Crippen LogP contribution < -0.4 is 5.32 Å². The molecule has 0 aromatic heterocycles. The average Bonchev–Trinajstić information content (AvgIpc) is 2.27. The Labute approximate surface area is 96.1 Å². The summed E-state index contributed by atoms with van der Waals surface area (Å²) in [4.78, 5) is 0. The van der Waals surface area contributed by atoms with E-state index in [4.69, 9.17) is 5.11 Å². The second kappa shape index (κ2) is 6.88. The Morgan fingerprint density at radius 3 is 2.73 bits per heavy atom. The fourth-order valence-electron chi connectivity index (χ4n) is 1.31. The maximum absolute atomic E-state index is 9.00. The van der Waals surface area contributed by atoms with Gasteiger partial charge in [0.05, 0.1) is 6.61 Å². The normalized spacial score (nSPS) is 12.7. The van der Waals surface area contributed by atoms with Crippen molar-refractivity contribution in [3.8, 4) is 0 Å². The molecule has 0 spiro atoms. The van der Waals surface area contributed by atoms with Crippen LogP contribution in [-0.4, -0.2) is 30.6 Å². The highest BCUT2D eigenvalue weighted by Crippen LogP contribution is 2.16. The summed E-state index contributed by atoms with van der Waals surface area (Å²) in [5.74, 6) is 1.96. The lowest BCUT2D eigenvalue weighted by molar-refractivity contribution is 0.260. The second-order valence-electron chi connectivity index (χ2n) is 3.61. The third kappa shape index (κ3) is 4.24. The van der Waals surface area contributed by atoms with Gasteiger partial charge in [-0.25, -0.2) is 0 Å². The van der Waals surface area contributed by atoms with Crippen molar-refractivity contribution < 1.29 is 5.11 Å². The molecule has 15 heavy (non-hydrogen) atoms. The van der Waals surface area contributed by atoms with Gasteiger partial charge < -0.3 is 10.4 Å². The molecule has 0 radical (unpaired) electrons. The molecule has 0 heterocycles. The number of hydrogen-bond donors (Lipinski definition) is 2. The van der Waals surface area contributed by atoms with Crippen molar-refractivity contribution in [2.24, 2.45) is 0 Å². The Balaban J connectivity index is 2.34. The molecule has 0 saturated carbocycles. The largest absolute Gasteiger partial charge is 0.395 e. The minimum Gasteiger partial charge on any atom is -0.395 e. The van der Waals surface area contributed by atoms with E-state index in [1.165, 1.54) is 11.1 Å². The van der Waals surface area contributed by atoms with Crippen LogP contribution in [0.4, 0.5) is 0 Å². The number of nitrogens with one attached hydrogen (secondary N) is 1. The quantitative estimate of drug-likeness (QED) is 0.774. The van der Waals surface area contributed by atoms with E-state index < -0.39 is 0 Å². The van der Waals surface area contributed by atoms with E-state index >= 15 is 0 Å². The third-order valence-corrected chi connectivity index (χ3v) is 3.62. The van der Waals surface area contributed by atoms with Gasteiger partial charge in [0, 0.05) is 17.5 Å². The van der Waals surface area contributed by atoms with Gasteiger partial charge in [0.15, 0.2) is 0 Å². The number of thioether (sulfide) groups is 1. The zero-order chi connectivity index (χ0) is 11.1. The van der Waals surface area contributed by atoms with E-state index in [0.717, 1.165) is 11.5 Å². The zero-order valence-electron chi connectivity index (χ0n) is 9.36. The summed E-state index contributed by atoms with van der Waals surface area (Å²) in [6.07, 6.45) is 0. The molecule has 2 N–H and O–H groups in total. The maximum atomic E-state index is 9.00. The maximum Gasteiger partial charge on any atom is 0.0592 e. The first-order valence-electron chi connectivity index (χ1n) is 5.18. The number of likely N-dealkylation sites (N-methyl/N-ethyl adjacent to an activating group) is 1. The number of rotatable bonds is 6. The van der Waals surface area contributed by atoms with Crippen LogP contribution in [0.15, 0.2) is 24.3 Å². The smallest absolute Gasteiger partial charge is 0.0592 e. The van der Waals surface area contributed by atoms with Crippen molar-refractivity contribution in [2.75, 3.05) is 19.4 Å². The Kier molecular flexibility index (Phi) is 5.76. The first kappa shape index (κ1) is 12.6. The Morgan fingerprint density at radius 1 is 1.40 bits per heavy atom. The molecular formula is C12H19NOS. The first-order valence-corrected chi connectivity index (χ1v) is 6.33. The molecule has 3 heteroatoms. The summed E-state index contributed by atoms with van der Waals surface area (Å²) in [6, 6.07) is 8.64.